The molecule has 0 aliphatic rings. The summed E-state index contributed by atoms with van der Waals surface area (Å²) in [5.74, 6) is 1.50. The third-order valence-electron chi connectivity index (χ3n) is 2.12. The fourth-order valence-corrected chi connectivity index (χ4v) is 1.34. The normalized spacial score (nSPS) is 10.6. The van der Waals surface area contributed by atoms with Crippen LogP contribution in [0.4, 0.5) is 5.82 Å². The second-order valence-corrected chi connectivity index (χ2v) is 3.19. The lowest BCUT2D eigenvalue weighted by molar-refractivity contribution is 0.414. The van der Waals surface area contributed by atoms with E-state index >= 15 is 0 Å². The van der Waals surface area contributed by atoms with Crippen molar-refractivity contribution in [3.8, 4) is 5.75 Å². The van der Waals surface area contributed by atoms with Gasteiger partial charge in [-0.1, -0.05) is 18.2 Å². The van der Waals surface area contributed by atoms with E-state index in [1.807, 2.05) is 42.5 Å². The summed E-state index contributed by atoms with van der Waals surface area (Å²) in [4.78, 5) is 8.38. The molecule has 0 bridgehead atoms. The summed E-state index contributed by atoms with van der Waals surface area (Å²) in [6.07, 6.45) is 3.47. The van der Waals surface area contributed by atoms with Crippen molar-refractivity contribution in [2.45, 2.75) is 0 Å². The highest BCUT2D eigenvalue weighted by Gasteiger charge is 1.97. The van der Waals surface area contributed by atoms with Gasteiger partial charge in [0.1, 0.15) is 5.75 Å². The number of nitrogens with zero attached hydrogens (tertiary/aromatic N) is 2. The summed E-state index contributed by atoms with van der Waals surface area (Å²) in [6.45, 7) is 0. The van der Waals surface area contributed by atoms with Gasteiger partial charge in [0.2, 0.25) is 0 Å². The molecule has 16 heavy (non-hydrogen) atoms. The molecule has 0 saturated carbocycles. The molecule has 0 saturated heterocycles. The number of hydrogen-bond donors (Lipinski definition) is 0. The first-order valence-electron chi connectivity index (χ1n) is 4.98. The van der Waals surface area contributed by atoms with Gasteiger partial charge in [-0.15, -0.1) is 0 Å². The number of hydrogen-bond acceptors (Lipinski definition) is 3. The van der Waals surface area contributed by atoms with E-state index in [0.29, 0.717) is 5.82 Å². The van der Waals surface area contributed by atoms with Crippen LogP contribution in [-0.4, -0.2) is 18.3 Å². The van der Waals surface area contributed by atoms with Crippen molar-refractivity contribution in [3.05, 3.63) is 54.2 Å². The lowest BCUT2D eigenvalue weighted by atomic mass is 10.2. The summed E-state index contributed by atoms with van der Waals surface area (Å²) in [7, 11) is 1.65. The van der Waals surface area contributed by atoms with Crippen LogP contribution >= 0.6 is 0 Å². The predicted octanol–water partition coefficient (Wildman–Crippen LogP) is 2.84. The lowest BCUT2D eigenvalue weighted by Gasteiger charge is -2.02. The van der Waals surface area contributed by atoms with Gasteiger partial charge in [-0.05, 0) is 24.3 Å². The second kappa shape index (κ2) is 5.07. The van der Waals surface area contributed by atoms with Crippen LogP contribution in [0.3, 0.4) is 0 Å². The number of aromatic nitrogens is 1. The Hall–Kier alpha value is -2.16. The Morgan fingerprint density at radius 2 is 1.94 bits per heavy atom. The quantitative estimate of drug-likeness (QED) is 0.733. The van der Waals surface area contributed by atoms with Crippen molar-refractivity contribution in [2.75, 3.05) is 7.11 Å². The number of rotatable bonds is 3. The van der Waals surface area contributed by atoms with Gasteiger partial charge in [-0.2, -0.15) is 0 Å². The first kappa shape index (κ1) is 10.4. The van der Waals surface area contributed by atoms with Gasteiger partial charge < -0.3 is 4.74 Å². The van der Waals surface area contributed by atoms with E-state index < -0.39 is 0 Å². The van der Waals surface area contributed by atoms with E-state index in [4.69, 9.17) is 4.74 Å². The van der Waals surface area contributed by atoms with Crippen molar-refractivity contribution in [2.24, 2.45) is 4.99 Å². The smallest absolute Gasteiger partial charge is 0.151 e. The van der Waals surface area contributed by atoms with Gasteiger partial charge in [0.25, 0.3) is 0 Å². The van der Waals surface area contributed by atoms with Crippen molar-refractivity contribution < 1.29 is 4.74 Å². The highest BCUT2D eigenvalue weighted by atomic mass is 16.5. The highest BCUT2D eigenvalue weighted by Crippen LogP contribution is 2.16. The highest BCUT2D eigenvalue weighted by molar-refractivity contribution is 5.85. The van der Waals surface area contributed by atoms with Gasteiger partial charge in [-0.25, -0.2) is 9.98 Å². The fraction of sp³-hybridized carbons (Fsp3) is 0.0769. The molecule has 0 amide bonds. The largest absolute Gasteiger partial charge is 0.496 e. The van der Waals surface area contributed by atoms with Crippen LogP contribution in [0.15, 0.2) is 53.7 Å². The second-order valence-electron chi connectivity index (χ2n) is 3.19. The summed E-state index contributed by atoms with van der Waals surface area (Å²) in [5, 5.41) is 0. The van der Waals surface area contributed by atoms with E-state index in [0.717, 1.165) is 11.3 Å². The van der Waals surface area contributed by atoms with Crippen molar-refractivity contribution in [1.82, 2.24) is 4.98 Å². The first-order valence-corrected chi connectivity index (χ1v) is 4.98. The topological polar surface area (TPSA) is 34.5 Å². The Kier molecular flexibility index (Phi) is 3.28. The summed E-state index contributed by atoms with van der Waals surface area (Å²) in [5.41, 5.74) is 0.940. The zero-order chi connectivity index (χ0) is 11.2. The predicted molar refractivity (Wildman–Crippen MR) is 64.5 cm³/mol. The molecule has 0 aliphatic carbocycles. The molecular formula is C13H12N2O. The SMILES string of the molecule is COc1ccccc1C=Nc1ccccn1. The van der Waals surface area contributed by atoms with Gasteiger partial charge in [-0.3, -0.25) is 0 Å². The third-order valence-corrected chi connectivity index (χ3v) is 2.12. The first-order chi connectivity index (χ1) is 7.90. The summed E-state index contributed by atoms with van der Waals surface area (Å²) >= 11 is 0. The molecular weight excluding hydrogens is 200 g/mol. The van der Waals surface area contributed by atoms with Crippen LogP contribution in [0.5, 0.6) is 5.75 Å². The molecule has 0 fully saturated rings. The van der Waals surface area contributed by atoms with Gasteiger partial charge in [0.15, 0.2) is 5.82 Å². The minimum Gasteiger partial charge on any atom is -0.496 e. The van der Waals surface area contributed by atoms with E-state index in [1.54, 1.807) is 19.5 Å². The Balaban J connectivity index is 2.24. The van der Waals surface area contributed by atoms with E-state index in [9.17, 15) is 0 Å². The number of pyridine rings is 1. The molecule has 1 aromatic heterocycles. The van der Waals surface area contributed by atoms with Crippen LogP contribution in [0.25, 0.3) is 0 Å². The van der Waals surface area contributed by atoms with Gasteiger partial charge in [0.05, 0.1) is 7.11 Å². The zero-order valence-electron chi connectivity index (χ0n) is 9.00. The average molecular weight is 212 g/mol. The monoisotopic (exact) mass is 212 g/mol. The molecule has 0 N–H and O–H groups in total. The molecule has 3 nitrogen and oxygen atoms in total. The molecule has 2 aromatic rings. The average Bonchev–Trinajstić information content (AvgIpc) is 2.38. The third kappa shape index (κ3) is 2.45. The maximum absolute atomic E-state index is 5.22. The zero-order valence-corrected chi connectivity index (χ0v) is 9.00. The molecule has 0 atom stereocenters. The number of aliphatic imine (C=N–C) groups is 1. The molecule has 2 rings (SSSR count). The lowest BCUT2D eigenvalue weighted by Crippen LogP contribution is -1.89. The van der Waals surface area contributed by atoms with Gasteiger partial charge in [0, 0.05) is 18.0 Å². The molecule has 1 aromatic carbocycles. The molecule has 3 heteroatoms. The van der Waals surface area contributed by atoms with E-state index in [-0.39, 0.29) is 0 Å². The number of para-hydroxylation sites is 1. The standard InChI is InChI=1S/C13H12N2O/c1-16-12-7-3-2-6-11(12)10-15-13-8-4-5-9-14-13/h2-10H,1H3. The van der Waals surface area contributed by atoms with E-state index in [1.165, 1.54) is 0 Å². The van der Waals surface area contributed by atoms with Crippen LogP contribution < -0.4 is 4.74 Å². The Bertz CT molecular complexity index is 480. The van der Waals surface area contributed by atoms with Crippen LogP contribution in [-0.2, 0) is 0 Å². The molecule has 80 valence electrons. The Labute approximate surface area is 94.4 Å². The minimum atomic E-state index is 0.688. The van der Waals surface area contributed by atoms with Crippen molar-refractivity contribution in [3.63, 3.8) is 0 Å². The van der Waals surface area contributed by atoms with Crippen LogP contribution in [0, 0.1) is 0 Å². The molecule has 0 radical (unpaired) electrons. The number of methoxy groups -OCH3 is 1. The number of ether oxygens (including phenoxy) is 1. The molecule has 0 aliphatic heterocycles. The van der Waals surface area contributed by atoms with Crippen LogP contribution in [0.1, 0.15) is 5.56 Å². The van der Waals surface area contributed by atoms with Crippen molar-refractivity contribution >= 4 is 12.0 Å². The van der Waals surface area contributed by atoms with Crippen molar-refractivity contribution in [1.29, 1.82) is 0 Å². The molecule has 0 unspecified atom stereocenters. The maximum atomic E-state index is 5.22. The number of benzene rings is 1. The molecule has 0 spiro atoms. The van der Waals surface area contributed by atoms with Gasteiger partial charge >= 0.3 is 0 Å². The Morgan fingerprint density at radius 3 is 2.69 bits per heavy atom. The Morgan fingerprint density at radius 1 is 1.12 bits per heavy atom. The summed E-state index contributed by atoms with van der Waals surface area (Å²) < 4.78 is 5.22. The fourth-order valence-electron chi connectivity index (χ4n) is 1.34. The van der Waals surface area contributed by atoms with E-state index in [2.05, 4.69) is 9.98 Å². The molecule has 1 heterocycles. The maximum Gasteiger partial charge on any atom is 0.151 e. The summed E-state index contributed by atoms with van der Waals surface area (Å²) in [6, 6.07) is 13.3. The minimum absolute atomic E-state index is 0.688. The van der Waals surface area contributed by atoms with Crippen LogP contribution in [0.2, 0.25) is 0 Å².